The summed E-state index contributed by atoms with van der Waals surface area (Å²) in [4.78, 5) is 29.4. The molecule has 0 saturated heterocycles. The molecule has 1 aromatic carbocycles. The zero-order valence-corrected chi connectivity index (χ0v) is 16.2. The van der Waals surface area contributed by atoms with Crippen LogP contribution in [0.5, 0.6) is 5.75 Å². The van der Waals surface area contributed by atoms with Gasteiger partial charge in [-0.05, 0) is 44.5 Å². The molecule has 1 aromatic heterocycles. The SMILES string of the molecule is CON(C=O)C1=C(n2ccccc2=O)c2c(ccc(C(F)(F)F)c2C)OC1(C)C. The Morgan fingerprint density at radius 2 is 1.90 bits per heavy atom. The summed E-state index contributed by atoms with van der Waals surface area (Å²) in [5, 5.41) is 0.845. The maximum atomic E-state index is 13.6. The summed E-state index contributed by atoms with van der Waals surface area (Å²) in [6.45, 7) is 4.55. The van der Waals surface area contributed by atoms with Crippen molar-refractivity contribution >= 4 is 12.1 Å². The van der Waals surface area contributed by atoms with E-state index in [1.165, 1.54) is 43.0 Å². The second-order valence-electron chi connectivity index (χ2n) is 6.94. The first-order chi connectivity index (χ1) is 13.5. The normalized spacial score (nSPS) is 15.6. The van der Waals surface area contributed by atoms with Gasteiger partial charge in [0.2, 0.25) is 6.41 Å². The van der Waals surface area contributed by atoms with Gasteiger partial charge in [-0.15, -0.1) is 0 Å². The molecule has 9 heteroatoms. The second kappa shape index (κ2) is 7.07. The van der Waals surface area contributed by atoms with E-state index < -0.39 is 22.9 Å². The average Bonchev–Trinajstić information content (AvgIpc) is 2.62. The minimum atomic E-state index is -4.61. The summed E-state index contributed by atoms with van der Waals surface area (Å²) in [5.41, 5.74) is -2.43. The molecular formula is C20H19F3N2O4. The Morgan fingerprint density at radius 1 is 1.21 bits per heavy atom. The van der Waals surface area contributed by atoms with E-state index in [2.05, 4.69) is 0 Å². The number of nitrogens with zero attached hydrogens (tertiary/aromatic N) is 2. The number of amides is 1. The summed E-state index contributed by atoms with van der Waals surface area (Å²) in [6.07, 6.45) is -2.83. The molecule has 0 radical (unpaired) electrons. The number of ether oxygens (including phenoxy) is 1. The van der Waals surface area contributed by atoms with Crippen molar-refractivity contribution in [1.29, 1.82) is 0 Å². The van der Waals surface area contributed by atoms with Crippen molar-refractivity contribution in [3.8, 4) is 5.75 Å². The van der Waals surface area contributed by atoms with Crippen LogP contribution in [0.2, 0.25) is 0 Å². The first-order valence-electron chi connectivity index (χ1n) is 8.64. The quantitative estimate of drug-likeness (QED) is 0.573. The first-order valence-corrected chi connectivity index (χ1v) is 8.64. The predicted molar refractivity (Wildman–Crippen MR) is 98.8 cm³/mol. The van der Waals surface area contributed by atoms with Gasteiger partial charge < -0.3 is 4.74 Å². The molecule has 0 spiro atoms. The van der Waals surface area contributed by atoms with Crippen molar-refractivity contribution in [2.75, 3.05) is 7.11 Å². The number of aromatic nitrogens is 1. The molecular weight excluding hydrogens is 389 g/mol. The topological polar surface area (TPSA) is 60.8 Å². The number of fused-ring (bicyclic) bond motifs is 1. The number of carbonyl (C=O) groups excluding carboxylic acids is 1. The van der Waals surface area contributed by atoms with Gasteiger partial charge in [-0.25, -0.2) is 0 Å². The lowest BCUT2D eigenvalue weighted by Crippen LogP contribution is -2.44. The highest BCUT2D eigenvalue weighted by Gasteiger charge is 2.43. The van der Waals surface area contributed by atoms with Crippen molar-refractivity contribution in [2.45, 2.75) is 32.5 Å². The maximum absolute atomic E-state index is 13.6. The molecule has 0 N–H and O–H groups in total. The van der Waals surface area contributed by atoms with Crippen LogP contribution < -0.4 is 10.3 Å². The van der Waals surface area contributed by atoms with Crippen molar-refractivity contribution in [3.63, 3.8) is 0 Å². The summed E-state index contributed by atoms with van der Waals surface area (Å²) < 4.78 is 47.8. The minimum Gasteiger partial charge on any atom is -0.481 e. The molecule has 1 aliphatic heterocycles. The summed E-state index contributed by atoms with van der Waals surface area (Å²) >= 11 is 0. The number of pyridine rings is 1. The summed E-state index contributed by atoms with van der Waals surface area (Å²) in [7, 11) is 1.23. The molecule has 0 fully saturated rings. The Balaban J connectivity index is 2.52. The van der Waals surface area contributed by atoms with Gasteiger partial charge in [0, 0.05) is 17.8 Å². The van der Waals surface area contributed by atoms with Crippen LogP contribution >= 0.6 is 0 Å². The number of hydrogen-bond acceptors (Lipinski definition) is 4. The van der Waals surface area contributed by atoms with Crippen LogP contribution in [0.4, 0.5) is 13.2 Å². The van der Waals surface area contributed by atoms with E-state index in [1.54, 1.807) is 19.9 Å². The van der Waals surface area contributed by atoms with Gasteiger partial charge in [-0.1, -0.05) is 6.07 Å². The first kappa shape index (κ1) is 20.7. The standard InChI is InChI=1S/C20H19F3N2O4/c1-12-13(20(21,22)23)8-9-14-16(12)17(24-10-6-5-7-15(24)27)18(19(2,3)29-14)25(11-26)28-4/h5-11H,1-4H3. The molecule has 0 aliphatic carbocycles. The largest absolute Gasteiger partial charge is 0.481 e. The molecule has 3 rings (SSSR count). The molecule has 2 heterocycles. The van der Waals surface area contributed by atoms with Crippen molar-refractivity contribution < 1.29 is 27.5 Å². The lowest BCUT2D eigenvalue weighted by Gasteiger charge is -2.40. The van der Waals surface area contributed by atoms with Crippen LogP contribution in [-0.2, 0) is 15.8 Å². The Hall–Kier alpha value is -3.07. The molecule has 29 heavy (non-hydrogen) atoms. The highest BCUT2D eigenvalue weighted by molar-refractivity contribution is 5.80. The van der Waals surface area contributed by atoms with Crippen molar-refractivity contribution in [3.05, 3.63) is 69.3 Å². The average molecular weight is 408 g/mol. The number of benzene rings is 1. The molecule has 0 atom stereocenters. The fourth-order valence-corrected chi connectivity index (χ4v) is 3.50. The molecule has 0 unspecified atom stereocenters. The van der Waals surface area contributed by atoms with Gasteiger partial charge in [0.15, 0.2) is 0 Å². The molecule has 1 amide bonds. The maximum Gasteiger partial charge on any atom is 0.416 e. The van der Waals surface area contributed by atoms with Crippen LogP contribution in [-0.4, -0.2) is 28.8 Å². The van der Waals surface area contributed by atoms with Crippen LogP contribution in [0.25, 0.3) is 5.70 Å². The number of alkyl halides is 3. The highest BCUT2D eigenvalue weighted by atomic mass is 19.4. The molecule has 2 aromatic rings. The van der Waals surface area contributed by atoms with E-state index in [4.69, 9.17) is 9.57 Å². The summed E-state index contributed by atoms with van der Waals surface area (Å²) in [6, 6.07) is 6.50. The zero-order valence-electron chi connectivity index (χ0n) is 16.2. The molecule has 0 saturated carbocycles. The van der Waals surface area contributed by atoms with Gasteiger partial charge in [-0.2, -0.15) is 18.2 Å². The van der Waals surface area contributed by atoms with Crippen LogP contribution in [0, 0.1) is 6.92 Å². The van der Waals surface area contributed by atoms with Gasteiger partial charge in [-0.3, -0.25) is 19.0 Å². The van der Waals surface area contributed by atoms with E-state index in [0.29, 0.717) is 6.41 Å². The Labute approximate surface area is 164 Å². The lowest BCUT2D eigenvalue weighted by atomic mass is 9.90. The fraction of sp³-hybridized carbons (Fsp3) is 0.300. The van der Waals surface area contributed by atoms with Gasteiger partial charge in [0.05, 0.1) is 18.4 Å². The number of hydrogen-bond donors (Lipinski definition) is 0. The third kappa shape index (κ3) is 3.42. The van der Waals surface area contributed by atoms with Crippen LogP contribution in [0.15, 0.2) is 47.0 Å². The molecule has 1 aliphatic rings. The Kier molecular flexibility index (Phi) is 5.04. The van der Waals surface area contributed by atoms with Crippen molar-refractivity contribution in [2.24, 2.45) is 0 Å². The van der Waals surface area contributed by atoms with E-state index in [0.717, 1.165) is 11.1 Å². The number of hydroxylamine groups is 2. The summed E-state index contributed by atoms with van der Waals surface area (Å²) in [5.74, 6) is 0.164. The van der Waals surface area contributed by atoms with Crippen LogP contribution in [0.3, 0.4) is 0 Å². The van der Waals surface area contributed by atoms with Gasteiger partial charge >= 0.3 is 6.18 Å². The predicted octanol–water partition coefficient (Wildman–Crippen LogP) is 3.58. The highest BCUT2D eigenvalue weighted by Crippen LogP contribution is 2.46. The van der Waals surface area contributed by atoms with Gasteiger partial charge in [0.25, 0.3) is 5.56 Å². The third-order valence-electron chi connectivity index (χ3n) is 4.70. The Morgan fingerprint density at radius 3 is 2.45 bits per heavy atom. The van der Waals surface area contributed by atoms with Gasteiger partial charge in [0.1, 0.15) is 17.0 Å². The fourth-order valence-electron chi connectivity index (χ4n) is 3.50. The number of halogens is 3. The van der Waals surface area contributed by atoms with E-state index in [1.807, 2.05) is 0 Å². The van der Waals surface area contributed by atoms with E-state index >= 15 is 0 Å². The van der Waals surface area contributed by atoms with Crippen molar-refractivity contribution in [1.82, 2.24) is 9.63 Å². The molecule has 6 nitrogen and oxygen atoms in total. The number of rotatable bonds is 4. The molecule has 154 valence electrons. The van der Waals surface area contributed by atoms with E-state index in [9.17, 15) is 22.8 Å². The third-order valence-corrected chi connectivity index (χ3v) is 4.70. The van der Waals surface area contributed by atoms with Crippen LogP contribution in [0.1, 0.15) is 30.5 Å². The number of carbonyl (C=O) groups is 1. The molecule has 0 bridgehead atoms. The lowest BCUT2D eigenvalue weighted by molar-refractivity contribution is -0.156. The Bertz CT molecular complexity index is 1050. The smallest absolute Gasteiger partial charge is 0.416 e. The second-order valence-corrected chi connectivity index (χ2v) is 6.94. The monoisotopic (exact) mass is 408 g/mol. The zero-order chi connectivity index (χ0) is 21.6. The van der Waals surface area contributed by atoms with E-state index in [-0.39, 0.29) is 28.3 Å². The minimum absolute atomic E-state index is 0.0614.